The number of benzene rings is 1. The molecule has 0 fully saturated rings. The van der Waals surface area contributed by atoms with Gasteiger partial charge in [0.25, 0.3) is 0 Å². The molecule has 0 atom stereocenters. The summed E-state index contributed by atoms with van der Waals surface area (Å²) in [6.45, 7) is 0.448. The van der Waals surface area contributed by atoms with Gasteiger partial charge in [0.15, 0.2) is 0 Å². The predicted octanol–water partition coefficient (Wildman–Crippen LogP) is 2.54. The maximum Gasteiger partial charge on any atom is 0.231 e. The second-order valence-electron chi connectivity index (χ2n) is 4.12. The maximum absolute atomic E-state index is 11.4. The molecule has 0 bridgehead atoms. The molecule has 0 radical (unpaired) electrons. The number of carbonyl (C=O) groups excluding carboxylic acids is 2. The van der Waals surface area contributed by atoms with E-state index in [1.165, 1.54) is 0 Å². The first-order chi connectivity index (χ1) is 9.33. The normalized spacial score (nSPS) is 9.47. The molecule has 0 amide bonds. The molecule has 100 valence electrons. The van der Waals surface area contributed by atoms with Crippen molar-refractivity contribution in [3.8, 4) is 11.8 Å². The molecule has 1 aromatic rings. The molecule has 0 aliphatic heterocycles. The van der Waals surface area contributed by atoms with Gasteiger partial charge in [0.05, 0.1) is 6.61 Å². The molecule has 0 aliphatic carbocycles. The van der Waals surface area contributed by atoms with Gasteiger partial charge in [-0.1, -0.05) is 36.3 Å². The van der Waals surface area contributed by atoms with Gasteiger partial charge in [0.1, 0.15) is 12.9 Å². The molecule has 3 nitrogen and oxygen atoms in total. The van der Waals surface area contributed by atoms with Gasteiger partial charge in [-0.15, -0.1) is 0 Å². The van der Waals surface area contributed by atoms with Crippen molar-refractivity contribution < 1.29 is 14.3 Å². The molecule has 0 aromatic heterocycles. The standard InChI is InChI=1S/C16H18O3/c17-12-8-3-1-2-7-11-16(18)14-19-13-15-9-5-4-6-10-15/h4-6,9-10,12H,1-3,8,13-14H2. The van der Waals surface area contributed by atoms with Gasteiger partial charge < -0.3 is 9.53 Å². The molecule has 0 N–H and O–H groups in total. The Balaban J connectivity index is 2.11. The van der Waals surface area contributed by atoms with Crippen molar-refractivity contribution in [1.82, 2.24) is 0 Å². The van der Waals surface area contributed by atoms with Crippen LogP contribution in [-0.4, -0.2) is 18.7 Å². The van der Waals surface area contributed by atoms with Gasteiger partial charge in [-0.05, 0) is 24.3 Å². The first-order valence-corrected chi connectivity index (χ1v) is 6.40. The lowest BCUT2D eigenvalue weighted by Gasteiger charge is -2.00. The fourth-order valence-electron chi connectivity index (χ4n) is 1.47. The molecule has 19 heavy (non-hydrogen) atoms. The van der Waals surface area contributed by atoms with E-state index < -0.39 is 0 Å². The van der Waals surface area contributed by atoms with Crippen LogP contribution in [0.4, 0.5) is 0 Å². The monoisotopic (exact) mass is 258 g/mol. The number of carbonyl (C=O) groups is 2. The number of rotatable bonds is 8. The van der Waals surface area contributed by atoms with Gasteiger partial charge in [-0.3, -0.25) is 4.79 Å². The first kappa shape index (κ1) is 15.1. The topological polar surface area (TPSA) is 43.4 Å². The minimum atomic E-state index is -0.202. The van der Waals surface area contributed by atoms with Gasteiger partial charge in [0, 0.05) is 12.8 Å². The van der Waals surface area contributed by atoms with Crippen molar-refractivity contribution in [2.24, 2.45) is 0 Å². The van der Waals surface area contributed by atoms with E-state index in [0.29, 0.717) is 19.4 Å². The third-order valence-electron chi connectivity index (χ3n) is 2.45. The highest BCUT2D eigenvalue weighted by atomic mass is 16.5. The van der Waals surface area contributed by atoms with E-state index >= 15 is 0 Å². The molecule has 0 saturated carbocycles. The van der Waals surface area contributed by atoms with Crippen LogP contribution in [0.5, 0.6) is 0 Å². The predicted molar refractivity (Wildman–Crippen MR) is 73.4 cm³/mol. The second-order valence-corrected chi connectivity index (χ2v) is 4.12. The Morgan fingerprint density at radius 3 is 2.74 bits per heavy atom. The minimum Gasteiger partial charge on any atom is -0.368 e. The summed E-state index contributed by atoms with van der Waals surface area (Å²) < 4.78 is 5.28. The Morgan fingerprint density at radius 2 is 2.00 bits per heavy atom. The third-order valence-corrected chi connectivity index (χ3v) is 2.45. The average Bonchev–Trinajstić information content (AvgIpc) is 2.44. The van der Waals surface area contributed by atoms with Gasteiger partial charge >= 0.3 is 0 Å². The van der Waals surface area contributed by atoms with E-state index in [2.05, 4.69) is 11.8 Å². The van der Waals surface area contributed by atoms with Crippen LogP contribution >= 0.6 is 0 Å². The van der Waals surface area contributed by atoms with Crippen LogP contribution in [0.25, 0.3) is 0 Å². The molecule has 0 unspecified atom stereocenters. The molecule has 0 saturated heterocycles. The third kappa shape index (κ3) is 7.91. The number of ether oxygens (including phenoxy) is 1. The molecule has 0 spiro atoms. The van der Waals surface area contributed by atoms with E-state index in [1.807, 2.05) is 30.3 Å². The Kier molecular flexibility index (Phi) is 8.00. The van der Waals surface area contributed by atoms with E-state index in [4.69, 9.17) is 4.74 Å². The Bertz CT molecular complexity index is 440. The highest BCUT2D eigenvalue weighted by molar-refractivity contribution is 5.96. The quantitative estimate of drug-likeness (QED) is 0.311. The fourth-order valence-corrected chi connectivity index (χ4v) is 1.47. The number of aldehydes is 1. The highest BCUT2D eigenvalue weighted by Gasteiger charge is 1.97. The zero-order chi connectivity index (χ0) is 13.8. The molecule has 3 heteroatoms. The lowest BCUT2D eigenvalue weighted by atomic mass is 10.2. The van der Waals surface area contributed by atoms with Crippen LogP contribution in [0.15, 0.2) is 30.3 Å². The van der Waals surface area contributed by atoms with Crippen LogP contribution in [0.2, 0.25) is 0 Å². The number of hydrogen-bond donors (Lipinski definition) is 0. The maximum atomic E-state index is 11.4. The van der Waals surface area contributed by atoms with Crippen molar-refractivity contribution in [1.29, 1.82) is 0 Å². The smallest absolute Gasteiger partial charge is 0.231 e. The van der Waals surface area contributed by atoms with E-state index in [0.717, 1.165) is 24.7 Å². The Morgan fingerprint density at radius 1 is 1.21 bits per heavy atom. The number of ketones is 1. The van der Waals surface area contributed by atoms with Crippen molar-refractivity contribution in [2.75, 3.05) is 6.61 Å². The summed E-state index contributed by atoms with van der Waals surface area (Å²) in [6, 6.07) is 9.69. The van der Waals surface area contributed by atoms with E-state index in [9.17, 15) is 9.59 Å². The van der Waals surface area contributed by atoms with Crippen LogP contribution in [0, 0.1) is 11.8 Å². The Labute approximate surface area is 114 Å². The fraction of sp³-hybridized carbons (Fsp3) is 0.375. The van der Waals surface area contributed by atoms with Gasteiger partial charge in [-0.2, -0.15) is 0 Å². The first-order valence-electron chi connectivity index (χ1n) is 6.40. The van der Waals surface area contributed by atoms with Crippen LogP contribution in [0.1, 0.15) is 31.2 Å². The van der Waals surface area contributed by atoms with Crippen molar-refractivity contribution in [3.05, 3.63) is 35.9 Å². The van der Waals surface area contributed by atoms with Gasteiger partial charge in [0.2, 0.25) is 5.78 Å². The number of Topliss-reactive ketones (excluding diaryl/α,β-unsaturated/α-hetero) is 1. The SMILES string of the molecule is O=CCCCCC#CC(=O)COCc1ccccc1. The minimum absolute atomic E-state index is 0.0240. The average molecular weight is 258 g/mol. The largest absolute Gasteiger partial charge is 0.368 e. The van der Waals surface area contributed by atoms with Crippen molar-refractivity contribution >= 4 is 12.1 Å². The Hall–Kier alpha value is -1.92. The zero-order valence-electron chi connectivity index (χ0n) is 10.9. The molecule has 0 heterocycles. The lowest BCUT2D eigenvalue weighted by Crippen LogP contribution is -2.05. The summed E-state index contributed by atoms with van der Waals surface area (Å²) in [5.74, 6) is 5.14. The number of unbranched alkanes of at least 4 members (excludes halogenated alkanes) is 3. The molecule has 1 rings (SSSR count). The van der Waals surface area contributed by atoms with Crippen LogP contribution in [-0.2, 0) is 20.9 Å². The van der Waals surface area contributed by atoms with Gasteiger partial charge in [-0.25, -0.2) is 0 Å². The lowest BCUT2D eigenvalue weighted by molar-refractivity contribution is -0.118. The summed E-state index contributed by atoms with van der Waals surface area (Å²) in [5.41, 5.74) is 1.04. The molecular weight excluding hydrogens is 240 g/mol. The second kappa shape index (κ2) is 10.0. The summed E-state index contributed by atoms with van der Waals surface area (Å²) in [5, 5.41) is 0. The summed E-state index contributed by atoms with van der Waals surface area (Å²) in [7, 11) is 0. The molecule has 0 aliphatic rings. The number of hydrogen-bond acceptors (Lipinski definition) is 3. The van der Waals surface area contributed by atoms with Crippen LogP contribution < -0.4 is 0 Å². The van der Waals surface area contributed by atoms with E-state index in [1.54, 1.807) is 0 Å². The summed E-state index contributed by atoms with van der Waals surface area (Å²) in [4.78, 5) is 21.4. The van der Waals surface area contributed by atoms with Crippen molar-refractivity contribution in [3.63, 3.8) is 0 Å². The van der Waals surface area contributed by atoms with Crippen molar-refractivity contribution in [2.45, 2.75) is 32.3 Å². The zero-order valence-corrected chi connectivity index (χ0v) is 10.9. The molecule has 1 aromatic carbocycles. The molecular formula is C16H18O3. The van der Waals surface area contributed by atoms with Crippen LogP contribution in [0.3, 0.4) is 0 Å². The van der Waals surface area contributed by atoms with E-state index in [-0.39, 0.29) is 12.4 Å². The summed E-state index contributed by atoms with van der Waals surface area (Å²) >= 11 is 0. The summed E-state index contributed by atoms with van der Waals surface area (Å²) in [6.07, 6.45) is 3.80. The highest BCUT2D eigenvalue weighted by Crippen LogP contribution is 2.00.